The lowest BCUT2D eigenvalue weighted by Gasteiger charge is -2.31. The van der Waals surface area contributed by atoms with E-state index in [4.69, 9.17) is 0 Å². The molecule has 3 nitrogen and oxygen atoms in total. The van der Waals surface area contributed by atoms with Crippen LogP contribution in [-0.2, 0) is 0 Å². The lowest BCUT2D eigenvalue weighted by atomic mass is 10.0. The average molecular weight is 288 g/mol. The summed E-state index contributed by atoms with van der Waals surface area (Å²) in [5, 5.41) is 3.18. The summed E-state index contributed by atoms with van der Waals surface area (Å²) >= 11 is 0. The number of hydrogen-bond acceptors (Lipinski definition) is 2. The molecule has 116 valence electrons. The van der Waals surface area contributed by atoms with Gasteiger partial charge in [0, 0.05) is 30.2 Å². The molecule has 1 amide bonds. The van der Waals surface area contributed by atoms with E-state index in [1.165, 1.54) is 5.56 Å². The van der Waals surface area contributed by atoms with Crippen molar-refractivity contribution in [1.82, 2.24) is 10.2 Å². The van der Waals surface area contributed by atoms with Crippen LogP contribution >= 0.6 is 0 Å². The summed E-state index contributed by atoms with van der Waals surface area (Å²) < 4.78 is 0. The third-order valence-corrected chi connectivity index (χ3v) is 4.29. The van der Waals surface area contributed by atoms with Crippen LogP contribution in [0.25, 0.3) is 0 Å². The molecule has 21 heavy (non-hydrogen) atoms. The van der Waals surface area contributed by atoms with Crippen molar-refractivity contribution in [2.75, 3.05) is 13.1 Å². The molecular formula is C18H28N2O. The molecule has 1 atom stereocenters. The van der Waals surface area contributed by atoms with Gasteiger partial charge in [-0.25, -0.2) is 0 Å². The Kier molecular flexibility index (Phi) is 4.72. The van der Waals surface area contributed by atoms with Gasteiger partial charge in [-0.1, -0.05) is 26.0 Å². The van der Waals surface area contributed by atoms with Crippen LogP contribution < -0.4 is 5.32 Å². The second-order valence-corrected chi connectivity index (χ2v) is 7.36. The van der Waals surface area contributed by atoms with Gasteiger partial charge in [0.25, 0.3) is 5.91 Å². The van der Waals surface area contributed by atoms with Gasteiger partial charge in [-0.05, 0) is 50.8 Å². The number of nitrogens with zero attached hydrogens (tertiary/aromatic N) is 1. The Labute approximate surface area is 128 Å². The molecule has 0 aromatic heterocycles. The van der Waals surface area contributed by atoms with Gasteiger partial charge in [-0.2, -0.15) is 0 Å². The summed E-state index contributed by atoms with van der Waals surface area (Å²) in [6, 6.07) is 8.23. The fourth-order valence-electron chi connectivity index (χ4n) is 2.80. The topological polar surface area (TPSA) is 32.3 Å². The quantitative estimate of drug-likeness (QED) is 0.924. The smallest absolute Gasteiger partial charge is 0.251 e. The van der Waals surface area contributed by atoms with Crippen LogP contribution in [0.2, 0.25) is 0 Å². The minimum absolute atomic E-state index is 0.0539. The maximum Gasteiger partial charge on any atom is 0.251 e. The highest BCUT2D eigenvalue weighted by molar-refractivity contribution is 5.94. The molecule has 0 bridgehead atoms. The zero-order valence-electron chi connectivity index (χ0n) is 13.9. The Morgan fingerprint density at radius 2 is 2.05 bits per heavy atom. The Bertz CT molecular complexity index is 502. The van der Waals surface area contributed by atoms with Gasteiger partial charge in [0.2, 0.25) is 0 Å². The lowest BCUT2D eigenvalue weighted by molar-refractivity contribution is 0.0932. The normalized spacial score (nSPS) is 20.0. The lowest BCUT2D eigenvalue weighted by Crippen LogP contribution is -2.43. The van der Waals surface area contributed by atoms with E-state index in [0.29, 0.717) is 5.92 Å². The van der Waals surface area contributed by atoms with E-state index in [0.717, 1.165) is 25.1 Å². The summed E-state index contributed by atoms with van der Waals surface area (Å²) in [6.45, 7) is 13.0. The minimum atomic E-state index is 0.0539. The van der Waals surface area contributed by atoms with Gasteiger partial charge < -0.3 is 5.32 Å². The van der Waals surface area contributed by atoms with E-state index in [1.807, 2.05) is 18.2 Å². The second-order valence-electron chi connectivity index (χ2n) is 7.36. The molecule has 0 radical (unpaired) electrons. The first kappa shape index (κ1) is 16.0. The molecule has 3 heteroatoms. The van der Waals surface area contributed by atoms with Crippen molar-refractivity contribution in [1.29, 1.82) is 0 Å². The molecule has 1 aliphatic heterocycles. The summed E-state index contributed by atoms with van der Waals surface area (Å²) in [5.41, 5.74) is 2.16. The van der Waals surface area contributed by atoms with Gasteiger partial charge in [0.05, 0.1) is 0 Å². The molecule has 0 spiro atoms. The van der Waals surface area contributed by atoms with Crippen molar-refractivity contribution in [2.45, 2.75) is 58.5 Å². The average Bonchev–Trinajstić information content (AvgIpc) is 2.87. The number of hydrogen-bond donors (Lipinski definition) is 1. The van der Waals surface area contributed by atoms with E-state index in [1.54, 1.807) is 0 Å². The van der Waals surface area contributed by atoms with Gasteiger partial charge in [-0.3, -0.25) is 9.69 Å². The first-order valence-electron chi connectivity index (χ1n) is 7.93. The summed E-state index contributed by atoms with van der Waals surface area (Å²) in [4.78, 5) is 14.8. The zero-order valence-corrected chi connectivity index (χ0v) is 13.9. The molecule has 1 unspecified atom stereocenters. The van der Waals surface area contributed by atoms with Crippen molar-refractivity contribution < 1.29 is 4.79 Å². The van der Waals surface area contributed by atoms with Crippen LogP contribution in [0.15, 0.2) is 24.3 Å². The predicted molar refractivity (Wildman–Crippen MR) is 87.7 cm³/mol. The molecule has 1 heterocycles. The van der Waals surface area contributed by atoms with Gasteiger partial charge in [0.15, 0.2) is 0 Å². The Balaban J connectivity index is 1.98. The first-order valence-corrected chi connectivity index (χ1v) is 7.93. The third kappa shape index (κ3) is 4.07. The van der Waals surface area contributed by atoms with Crippen molar-refractivity contribution in [2.24, 2.45) is 0 Å². The highest BCUT2D eigenvalue weighted by Crippen LogP contribution is 2.21. The van der Waals surface area contributed by atoms with E-state index < -0.39 is 0 Å². The number of carbonyl (C=O) groups excluding carboxylic acids is 1. The molecule has 1 saturated heterocycles. The van der Waals surface area contributed by atoms with Crippen LogP contribution in [0, 0.1) is 0 Å². The van der Waals surface area contributed by atoms with E-state index in [2.05, 4.69) is 50.9 Å². The molecule has 1 fully saturated rings. The Morgan fingerprint density at radius 1 is 1.33 bits per heavy atom. The highest BCUT2D eigenvalue weighted by atomic mass is 16.1. The minimum Gasteiger partial charge on any atom is -0.348 e. The maximum atomic E-state index is 12.4. The molecule has 1 aromatic carbocycles. The van der Waals surface area contributed by atoms with E-state index in [9.17, 15) is 4.79 Å². The molecule has 1 N–H and O–H groups in total. The molecule has 0 aliphatic carbocycles. The van der Waals surface area contributed by atoms with Crippen molar-refractivity contribution in [3.8, 4) is 0 Å². The summed E-state index contributed by atoms with van der Waals surface area (Å²) in [6.07, 6.45) is 1.03. The molecule has 0 saturated carbocycles. The standard InChI is InChI=1S/C18H28N2O/c1-13(2)14-7-6-8-15(11-14)17(21)19-16-9-10-20(12-16)18(3,4)5/h6-8,11,13,16H,9-10,12H2,1-5H3,(H,19,21). The Morgan fingerprint density at radius 3 is 2.62 bits per heavy atom. The van der Waals surface area contributed by atoms with Crippen molar-refractivity contribution in [3.63, 3.8) is 0 Å². The number of nitrogens with one attached hydrogen (secondary N) is 1. The monoisotopic (exact) mass is 288 g/mol. The zero-order chi connectivity index (χ0) is 15.6. The van der Waals surface area contributed by atoms with Gasteiger partial charge in [-0.15, -0.1) is 0 Å². The van der Waals surface area contributed by atoms with Crippen molar-refractivity contribution >= 4 is 5.91 Å². The summed E-state index contributed by atoms with van der Waals surface area (Å²) in [7, 11) is 0. The fraction of sp³-hybridized carbons (Fsp3) is 0.611. The fourth-order valence-corrected chi connectivity index (χ4v) is 2.80. The second kappa shape index (κ2) is 6.18. The van der Waals surface area contributed by atoms with Crippen LogP contribution in [0.4, 0.5) is 0 Å². The number of carbonyl (C=O) groups is 1. The molecule has 1 aliphatic rings. The van der Waals surface area contributed by atoms with E-state index in [-0.39, 0.29) is 17.5 Å². The largest absolute Gasteiger partial charge is 0.348 e. The summed E-state index contributed by atoms with van der Waals surface area (Å²) in [5.74, 6) is 0.499. The van der Waals surface area contributed by atoms with Crippen LogP contribution in [0.1, 0.15) is 62.9 Å². The third-order valence-electron chi connectivity index (χ3n) is 4.29. The number of benzene rings is 1. The van der Waals surface area contributed by atoms with Gasteiger partial charge >= 0.3 is 0 Å². The molecule has 2 rings (SSSR count). The van der Waals surface area contributed by atoms with Crippen LogP contribution in [0.3, 0.4) is 0 Å². The van der Waals surface area contributed by atoms with Crippen molar-refractivity contribution in [3.05, 3.63) is 35.4 Å². The Hall–Kier alpha value is -1.35. The number of amides is 1. The SMILES string of the molecule is CC(C)c1cccc(C(=O)NC2CCN(C(C)(C)C)C2)c1. The van der Waals surface area contributed by atoms with Crippen LogP contribution in [0.5, 0.6) is 0 Å². The molecular weight excluding hydrogens is 260 g/mol. The predicted octanol–water partition coefficient (Wildman–Crippen LogP) is 3.41. The van der Waals surface area contributed by atoms with Gasteiger partial charge in [0.1, 0.15) is 0 Å². The first-order chi connectivity index (χ1) is 9.77. The maximum absolute atomic E-state index is 12.4. The molecule has 1 aromatic rings. The number of likely N-dealkylation sites (tertiary alicyclic amines) is 1. The van der Waals surface area contributed by atoms with E-state index >= 15 is 0 Å². The number of rotatable bonds is 3. The highest BCUT2D eigenvalue weighted by Gasteiger charge is 2.30. The van der Waals surface area contributed by atoms with Crippen LogP contribution in [-0.4, -0.2) is 35.5 Å².